The first-order valence-electron chi connectivity index (χ1n) is 8.91. The molecule has 0 fully saturated rings. The minimum absolute atomic E-state index is 0.151. The SMILES string of the molecule is CCCCSCC(C)(C)c1ccc(OC(CC)OCC)c(C)c1. The number of ether oxygens (including phenoxy) is 2. The molecule has 1 atom stereocenters. The van der Waals surface area contributed by atoms with Crippen LogP contribution in [0.3, 0.4) is 0 Å². The Morgan fingerprint density at radius 1 is 1.17 bits per heavy atom. The highest BCUT2D eigenvalue weighted by atomic mass is 32.2. The second kappa shape index (κ2) is 10.2. The van der Waals surface area contributed by atoms with Crippen molar-refractivity contribution in [2.45, 2.75) is 72.5 Å². The Balaban J connectivity index is 2.73. The smallest absolute Gasteiger partial charge is 0.199 e. The van der Waals surface area contributed by atoms with E-state index >= 15 is 0 Å². The van der Waals surface area contributed by atoms with Crippen molar-refractivity contribution in [1.29, 1.82) is 0 Å². The molecule has 0 bridgehead atoms. The van der Waals surface area contributed by atoms with Gasteiger partial charge in [0.05, 0.1) is 0 Å². The molecule has 0 aliphatic rings. The van der Waals surface area contributed by atoms with E-state index in [0.717, 1.165) is 17.9 Å². The van der Waals surface area contributed by atoms with Gasteiger partial charge in [-0.05, 0) is 48.6 Å². The summed E-state index contributed by atoms with van der Waals surface area (Å²) in [4.78, 5) is 0. The summed E-state index contributed by atoms with van der Waals surface area (Å²) < 4.78 is 11.6. The van der Waals surface area contributed by atoms with Gasteiger partial charge >= 0.3 is 0 Å². The van der Waals surface area contributed by atoms with Crippen LogP contribution in [0.2, 0.25) is 0 Å². The van der Waals surface area contributed by atoms with Gasteiger partial charge in [-0.3, -0.25) is 0 Å². The van der Waals surface area contributed by atoms with Gasteiger partial charge in [-0.15, -0.1) is 0 Å². The second-order valence-electron chi connectivity index (χ2n) is 6.68. The number of unbranched alkanes of at least 4 members (excludes halogenated alkanes) is 1. The Morgan fingerprint density at radius 3 is 2.48 bits per heavy atom. The lowest BCUT2D eigenvalue weighted by Gasteiger charge is -2.26. The monoisotopic (exact) mass is 338 g/mol. The van der Waals surface area contributed by atoms with Crippen LogP contribution in [0.15, 0.2) is 18.2 Å². The van der Waals surface area contributed by atoms with Crippen molar-refractivity contribution < 1.29 is 9.47 Å². The van der Waals surface area contributed by atoms with E-state index in [1.54, 1.807) is 0 Å². The second-order valence-corrected chi connectivity index (χ2v) is 7.79. The van der Waals surface area contributed by atoms with Crippen LogP contribution in [0.4, 0.5) is 0 Å². The maximum atomic E-state index is 5.99. The van der Waals surface area contributed by atoms with Gasteiger partial charge in [-0.25, -0.2) is 0 Å². The topological polar surface area (TPSA) is 18.5 Å². The molecule has 0 N–H and O–H groups in total. The van der Waals surface area contributed by atoms with Crippen molar-refractivity contribution in [3.63, 3.8) is 0 Å². The van der Waals surface area contributed by atoms with E-state index in [0.29, 0.717) is 6.61 Å². The average molecular weight is 339 g/mol. The first-order chi connectivity index (χ1) is 10.9. The third kappa shape index (κ3) is 6.76. The lowest BCUT2D eigenvalue weighted by molar-refractivity contribution is -0.0769. The first-order valence-corrected chi connectivity index (χ1v) is 10.1. The molecule has 1 rings (SSSR count). The molecule has 0 spiro atoms. The fourth-order valence-corrected chi connectivity index (χ4v) is 3.74. The van der Waals surface area contributed by atoms with Gasteiger partial charge in [-0.1, -0.05) is 46.2 Å². The summed E-state index contributed by atoms with van der Waals surface area (Å²) in [6.45, 7) is 13.8. The predicted octanol–water partition coefficient (Wildman–Crippen LogP) is 5.96. The van der Waals surface area contributed by atoms with Crippen LogP contribution in [0.5, 0.6) is 5.75 Å². The zero-order valence-electron chi connectivity index (χ0n) is 15.8. The molecule has 0 aliphatic carbocycles. The Kier molecular flexibility index (Phi) is 9.08. The van der Waals surface area contributed by atoms with Crippen molar-refractivity contribution >= 4 is 11.8 Å². The highest BCUT2D eigenvalue weighted by molar-refractivity contribution is 7.99. The van der Waals surface area contributed by atoms with E-state index in [4.69, 9.17) is 9.47 Å². The van der Waals surface area contributed by atoms with Gasteiger partial charge in [0.1, 0.15) is 5.75 Å². The number of benzene rings is 1. The van der Waals surface area contributed by atoms with Crippen LogP contribution in [-0.2, 0) is 10.2 Å². The zero-order valence-corrected chi connectivity index (χ0v) is 16.6. The Bertz CT molecular complexity index is 457. The molecule has 0 saturated carbocycles. The van der Waals surface area contributed by atoms with Crippen molar-refractivity contribution in [1.82, 2.24) is 0 Å². The highest BCUT2D eigenvalue weighted by Crippen LogP contribution is 2.31. The van der Waals surface area contributed by atoms with Crippen molar-refractivity contribution in [2.75, 3.05) is 18.1 Å². The van der Waals surface area contributed by atoms with E-state index < -0.39 is 0 Å². The van der Waals surface area contributed by atoms with Crippen LogP contribution < -0.4 is 4.74 Å². The predicted molar refractivity (Wildman–Crippen MR) is 103 cm³/mol. The van der Waals surface area contributed by atoms with Crippen molar-refractivity contribution in [3.05, 3.63) is 29.3 Å². The van der Waals surface area contributed by atoms with Crippen LogP contribution in [0.1, 0.15) is 65.0 Å². The largest absolute Gasteiger partial charge is 0.465 e. The number of hydrogen-bond donors (Lipinski definition) is 0. The molecule has 0 aliphatic heterocycles. The summed E-state index contributed by atoms with van der Waals surface area (Å²) in [7, 11) is 0. The first kappa shape index (κ1) is 20.4. The molecule has 0 saturated heterocycles. The number of hydrogen-bond acceptors (Lipinski definition) is 3. The molecule has 1 aromatic carbocycles. The summed E-state index contributed by atoms with van der Waals surface area (Å²) in [5.74, 6) is 3.35. The molecular formula is C20H34O2S. The Hall–Kier alpha value is -0.670. The van der Waals surface area contributed by atoms with Crippen LogP contribution in [-0.4, -0.2) is 24.4 Å². The molecule has 0 radical (unpaired) electrons. The van der Waals surface area contributed by atoms with Gasteiger partial charge in [0, 0.05) is 18.8 Å². The van der Waals surface area contributed by atoms with Gasteiger partial charge in [0.25, 0.3) is 0 Å². The summed E-state index contributed by atoms with van der Waals surface area (Å²) in [6, 6.07) is 6.58. The molecule has 0 heterocycles. The third-order valence-electron chi connectivity index (χ3n) is 4.01. The number of rotatable bonds is 11. The van der Waals surface area contributed by atoms with Gasteiger partial charge < -0.3 is 9.47 Å². The average Bonchev–Trinajstić information content (AvgIpc) is 2.52. The lowest BCUT2D eigenvalue weighted by atomic mass is 9.86. The van der Waals surface area contributed by atoms with Crippen LogP contribution >= 0.6 is 11.8 Å². The van der Waals surface area contributed by atoms with E-state index in [2.05, 4.69) is 64.6 Å². The minimum atomic E-state index is -0.151. The molecule has 3 heteroatoms. The van der Waals surface area contributed by atoms with Gasteiger partial charge in [-0.2, -0.15) is 11.8 Å². The van der Waals surface area contributed by atoms with E-state index in [-0.39, 0.29) is 11.7 Å². The Morgan fingerprint density at radius 2 is 1.91 bits per heavy atom. The maximum Gasteiger partial charge on any atom is 0.199 e. The summed E-state index contributed by atoms with van der Waals surface area (Å²) in [5, 5.41) is 0. The van der Waals surface area contributed by atoms with E-state index in [1.165, 1.54) is 29.7 Å². The normalized spacial score (nSPS) is 13.1. The highest BCUT2D eigenvalue weighted by Gasteiger charge is 2.21. The maximum absolute atomic E-state index is 5.99. The molecule has 132 valence electrons. The Labute approximate surface area is 147 Å². The van der Waals surface area contributed by atoms with Crippen molar-refractivity contribution in [2.24, 2.45) is 0 Å². The molecule has 0 aromatic heterocycles. The lowest BCUT2D eigenvalue weighted by Crippen LogP contribution is -2.22. The fraction of sp³-hybridized carbons (Fsp3) is 0.700. The third-order valence-corrected chi connectivity index (χ3v) is 5.51. The van der Waals surface area contributed by atoms with Crippen LogP contribution in [0.25, 0.3) is 0 Å². The number of thioether (sulfide) groups is 1. The van der Waals surface area contributed by atoms with Gasteiger partial charge in [0.2, 0.25) is 0 Å². The van der Waals surface area contributed by atoms with Gasteiger partial charge in [0.15, 0.2) is 6.29 Å². The molecule has 2 nitrogen and oxygen atoms in total. The zero-order chi connectivity index (χ0) is 17.3. The van der Waals surface area contributed by atoms with Crippen molar-refractivity contribution in [3.8, 4) is 5.75 Å². The van der Waals surface area contributed by atoms with E-state index in [1.807, 2.05) is 6.92 Å². The minimum Gasteiger partial charge on any atom is -0.465 e. The molecular weight excluding hydrogens is 304 g/mol. The molecule has 0 amide bonds. The molecule has 1 unspecified atom stereocenters. The molecule has 1 aromatic rings. The molecule has 23 heavy (non-hydrogen) atoms. The summed E-state index contributed by atoms with van der Waals surface area (Å²) in [6.07, 6.45) is 3.29. The fourth-order valence-electron chi connectivity index (χ4n) is 2.42. The quantitative estimate of drug-likeness (QED) is 0.366. The van der Waals surface area contributed by atoms with Crippen LogP contribution in [0, 0.1) is 6.92 Å². The standard InChI is InChI=1S/C20H34O2S/c1-7-10-13-23-15-20(5,6)17-11-12-18(16(4)14-17)22-19(8-2)21-9-3/h11-12,14,19H,7-10,13,15H2,1-6H3. The van der Waals surface area contributed by atoms with E-state index in [9.17, 15) is 0 Å². The summed E-state index contributed by atoms with van der Waals surface area (Å²) >= 11 is 2.06. The number of aryl methyl sites for hydroxylation is 1. The summed E-state index contributed by atoms with van der Waals surface area (Å²) in [5.41, 5.74) is 2.76.